The summed E-state index contributed by atoms with van der Waals surface area (Å²) in [6, 6.07) is 10.3. The van der Waals surface area contributed by atoms with E-state index in [4.69, 9.17) is 5.11 Å². The summed E-state index contributed by atoms with van der Waals surface area (Å²) in [6.45, 7) is 1.89. The number of fused-ring (bicyclic) bond motifs is 1. The molecule has 0 aliphatic carbocycles. The van der Waals surface area contributed by atoms with Crippen LogP contribution in [0.4, 0.5) is 11.8 Å². The molecule has 1 amide bonds. The van der Waals surface area contributed by atoms with Gasteiger partial charge >= 0.3 is 0 Å². The Morgan fingerprint density at radius 1 is 1.21 bits per heavy atom. The second kappa shape index (κ2) is 8.19. The number of hydrogen-bond acceptors (Lipinski definition) is 7. The van der Waals surface area contributed by atoms with Crippen LogP contribution in [0.25, 0.3) is 0 Å². The molecule has 0 bridgehead atoms. The molecule has 29 heavy (non-hydrogen) atoms. The van der Waals surface area contributed by atoms with Crippen molar-refractivity contribution in [2.75, 3.05) is 17.2 Å². The highest BCUT2D eigenvalue weighted by atomic mass is 16.3. The van der Waals surface area contributed by atoms with Gasteiger partial charge in [-0.2, -0.15) is 10.1 Å². The van der Waals surface area contributed by atoms with E-state index in [1.165, 1.54) is 0 Å². The number of nitrogens with zero attached hydrogens (tertiary/aromatic N) is 5. The smallest absolute Gasteiger partial charge is 0.257 e. The number of aliphatic hydroxyl groups excluding tert-OH is 1. The number of anilines is 2. The maximum absolute atomic E-state index is 13.2. The third-order valence-electron chi connectivity index (χ3n) is 4.57. The van der Waals surface area contributed by atoms with E-state index in [0.29, 0.717) is 47.4 Å². The molecule has 0 fully saturated rings. The number of carbonyl (C=O) groups is 1. The lowest BCUT2D eigenvalue weighted by atomic mass is 9.99. The van der Waals surface area contributed by atoms with Gasteiger partial charge in [0.15, 0.2) is 5.82 Å². The van der Waals surface area contributed by atoms with E-state index in [0.717, 1.165) is 0 Å². The summed E-state index contributed by atoms with van der Waals surface area (Å²) in [7, 11) is 0. The van der Waals surface area contributed by atoms with Crippen LogP contribution in [0, 0.1) is 0 Å². The molecule has 4 heterocycles. The molecule has 148 valence electrons. The van der Waals surface area contributed by atoms with Gasteiger partial charge in [-0.1, -0.05) is 12.1 Å². The Kier molecular flexibility index (Phi) is 5.30. The third kappa shape index (κ3) is 3.85. The molecule has 3 aromatic heterocycles. The fourth-order valence-electron chi connectivity index (χ4n) is 3.26. The zero-order chi connectivity index (χ0) is 20.2. The van der Waals surface area contributed by atoms with Crippen molar-refractivity contribution >= 4 is 17.7 Å². The molecule has 4 rings (SSSR count). The Morgan fingerprint density at radius 2 is 2.00 bits per heavy atom. The fourth-order valence-corrected chi connectivity index (χ4v) is 3.26. The minimum absolute atomic E-state index is 0.0655. The van der Waals surface area contributed by atoms with Crippen LogP contribution in [0.3, 0.4) is 0 Å². The number of pyridine rings is 2. The van der Waals surface area contributed by atoms with Gasteiger partial charge in [0.2, 0.25) is 5.95 Å². The maximum atomic E-state index is 13.2. The van der Waals surface area contributed by atoms with Gasteiger partial charge in [-0.25, -0.2) is 9.67 Å². The SMILES string of the molecule is CC1=C(C(=O)Nc2ccccn2)C(c2ccccn2)n2nc(CCCO)nc2N1. The molecule has 1 aliphatic heterocycles. The highest BCUT2D eigenvalue weighted by Crippen LogP contribution is 2.34. The molecule has 1 unspecified atom stereocenters. The van der Waals surface area contributed by atoms with E-state index >= 15 is 0 Å². The van der Waals surface area contributed by atoms with Crippen molar-refractivity contribution in [1.82, 2.24) is 24.7 Å². The van der Waals surface area contributed by atoms with Crippen molar-refractivity contribution < 1.29 is 9.90 Å². The number of rotatable bonds is 6. The quantitative estimate of drug-likeness (QED) is 0.587. The van der Waals surface area contributed by atoms with Crippen LogP contribution in [0.2, 0.25) is 0 Å². The zero-order valence-electron chi connectivity index (χ0n) is 15.9. The van der Waals surface area contributed by atoms with Crippen LogP contribution in [-0.4, -0.2) is 42.4 Å². The Morgan fingerprint density at radius 3 is 2.69 bits per heavy atom. The number of hydrogen-bond donors (Lipinski definition) is 3. The van der Waals surface area contributed by atoms with Crippen molar-refractivity contribution in [3.05, 3.63) is 71.6 Å². The predicted octanol–water partition coefficient (Wildman–Crippen LogP) is 1.92. The molecular weight excluding hydrogens is 370 g/mol. The molecule has 0 aromatic carbocycles. The molecule has 3 N–H and O–H groups in total. The third-order valence-corrected chi connectivity index (χ3v) is 4.57. The van der Waals surface area contributed by atoms with Crippen LogP contribution in [0.1, 0.15) is 30.9 Å². The number of aliphatic hydroxyl groups is 1. The maximum Gasteiger partial charge on any atom is 0.257 e. The van der Waals surface area contributed by atoms with Crippen molar-refractivity contribution in [2.45, 2.75) is 25.8 Å². The lowest BCUT2D eigenvalue weighted by molar-refractivity contribution is -0.113. The van der Waals surface area contributed by atoms with Gasteiger partial charge in [-0.05, 0) is 37.6 Å². The summed E-state index contributed by atoms with van der Waals surface area (Å²) in [5, 5.41) is 19.7. The monoisotopic (exact) mass is 391 g/mol. The van der Waals surface area contributed by atoms with Crippen LogP contribution in [0.15, 0.2) is 60.1 Å². The average Bonchev–Trinajstić information content (AvgIpc) is 3.14. The summed E-state index contributed by atoms with van der Waals surface area (Å²) < 4.78 is 1.68. The highest BCUT2D eigenvalue weighted by Gasteiger charge is 2.35. The van der Waals surface area contributed by atoms with Crippen LogP contribution in [0.5, 0.6) is 0 Å². The van der Waals surface area contributed by atoms with Crippen LogP contribution >= 0.6 is 0 Å². The fraction of sp³-hybridized carbons (Fsp3) is 0.250. The Labute approximate surface area is 167 Å². The average molecular weight is 391 g/mol. The number of aryl methyl sites for hydroxylation is 1. The number of amides is 1. The van der Waals surface area contributed by atoms with E-state index in [1.807, 2.05) is 31.2 Å². The Hall–Kier alpha value is -3.59. The largest absolute Gasteiger partial charge is 0.396 e. The van der Waals surface area contributed by atoms with Gasteiger partial charge in [0.05, 0.1) is 11.3 Å². The van der Waals surface area contributed by atoms with Gasteiger partial charge in [0, 0.05) is 31.1 Å². The highest BCUT2D eigenvalue weighted by molar-refractivity contribution is 6.05. The summed E-state index contributed by atoms with van der Waals surface area (Å²) in [6.07, 6.45) is 4.41. The lowest BCUT2D eigenvalue weighted by Gasteiger charge is -2.27. The van der Waals surface area contributed by atoms with Crippen molar-refractivity contribution in [1.29, 1.82) is 0 Å². The van der Waals surface area contributed by atoms with Gasteiger partial charge in [0.25, 0.3) is 5.91 Å². The first-order chi connectivity index (χ1) is 14.2. The van der Waals surface area contributed by atoms with Gasteiger partial charge in [0.1, 0.15) is 11.9 Å². The summed E-state index contributed by atoms with van der Waals surface area (Å²) in [5.74, 6) is 1.31. The topological polar surface area (TPSA) is 118 Å². The van der Waals surface area contributed by atoms with Crippen molar-refractivity contribution in [2.24, 2.45) is 0 Å². The summed E-state index contributed by atoms with van der Waals surface area (Å²) >= 11 is 0. The molecule has 1 aliphatic rings. The molecule has 0 spiro atoms. The lowest BCUT2D eigenvalue weighted by Crippen LogP contribution is -2.32. The molecule has 9 heteroatoms. The number of allylic oxidation sites excluding steroid dienone is 1. The van der Waals surface area contributed by atoms with Crippen LogP contribution in [-0.2, 0) is 11.2 Å². The Bertz CT molecular complexity index is 1030. The molecule has 0 radical (unpaired) electrons. The van der Waals surface area contributed by atoms with E-state index in [9.17, 15) is 4.79 Å². The van der Waals surface area contributed by atoms with Crippen molar-refractivity contribution in [3.8, 4) is 0 Å². The standard InChI is InChI=1S/C20H21N7O2/c1-13-17(19(29)24-15-8-3-5-11-22-15)18(14-7-2-4-10-21-14)27-20(23-13)25-16(26-27)9-6-12-28/h2-5,7-8,10-11,18,28H,6,9,12H2,1H3,(H,22,24,29)(H,23,25,26). The molecule has 0 saturated heterocycles. The van der Waals surface area contributed by atoms with E-state index in [2.05, 4.69) is 30.7 Å². The molecule has 3 aromatic rings. The molecule has 1 atom stereocenters. The van der Waals surface area contributed by atoms with E-state index < -0.39 is 6.04 Å². The minimum Gasteiger partial charge on any atom is -0.396 e. The first kappa shape index (κ1) is 18.8. The molecule has 0 saturated carbocycles. The summed E-state index contributed by atoms with van der Waals surface area (Å²) in [4.78, 5) is 26.3. The number of aromatic nitrogens is 5. The van der Waals surface area contributed by atoms with Gasteiger partial charge in [-0.15, -0.1) is 0 Å². The first-order valence-corrected chi connectivity index (χ1v) is 9.34. The van der Waals surface area contributed by atoms with Gasteiger partial charge < -0.3 is 15.7 Å². The molecule has 9 nitrogen and oxygen atoms in total. The zero-order valence-corrected chi connectivity index (χ0v) is 15.9. The Balaban J connectivity index is 1.74. The second-order valence-electron chi connectivity index (χ2n) is 6.61. The number of nitrogens with one attached hydrogen (secondary N) is 2. The molecular formula is C20H21N7O2. The second-order valence-corrected chi connectivity index (χ2v) is 6.61. The van der Waals surface area contributed by atoms with Crippen molar-refractivity contribution in [3.63, 3.8) is 0 Å². The van der Waals surface area contributed by atoms with Crippen LogP contribution < -0.4 is 10.6 Å². The first-order valence-electron chi connectivity index (χ1n) is 9.34. The summed E-state index contributed by atoms with van der Waals surface area (Å²) in [5.41, 5.74) is 1.84. The van der Waals surface area contributed by atoms with Gasteiger partial charge in [-0.3, -0.25) is 9.78 Å². The normalized spacial score (nSPS) is 15.6. The predicted molar refractivity (Wildman–Crippen MR) is 107 cm³/mol. The number of carbonyl (C=O) groups excluding carboxylic acids is 1. The minimum atomic E-state index is -0.536. The van der Waals surface area contributed by atoms with E-state index in [1.54, 1.807) is 29.2 Å². The van der Waals surface area contributed by atoms with E-state index in [-0.39, 0.29) is 12.5 Å².